The van der Waals surface area contributed by atoms with Gasteiger partial charge in [0.15, 0.2) is 5.96 Å². The Bertz CT molecular complexity index is 912. The van der Waals surface area contributed by atoms with Crippen molar-refractivity contribution in [2.24, 2.45) is 10.7 Å². The highest BCUT2D eigenvalue weighted by Gasteiger charge is 2.14. The van der Waals surface area contributed by atoms with Crippen LogP contribution in [0.1, 0.15) is 5.56 Å². The fourth-order valence-electron chi connectivity index (χ4n) is 1.74. The van der Waals surface area contributed by atoms with Crippen LogP contribution in [0.2, 0.25) is 0 Å². The van der Waals surface area contributed by atoms with E-state index in [1.54, 1.807) is 12.1 Å². The molecule has 2 aromatic carbocycles. The summed E-state index contributed by atoms with van der Waals surface area (Å²) in [5.74, 6) is -0.611. The zero-order chi connectivity index (χ0) is 17.9. The number of halogens is 2. The molecule has 0 fully saturated rings. The number of rotatable bonds is 4. The van der Waals surface area contributed by atoms with Crippen LogP contribution in [0.25, 0.3) is 0 Å². The monoisotopic (exact) mass is 474 g/mol. The molecule has 0 aliphatic rings. The number of benzene rings is 2. The molecule has 2 aromatic rings. The summed E-state index contributed by atoms with van der Waals surface area (Å²) in [6.45, 7) is 0. The van der Waals surface area contributed by atoms with Crippen LogP contribution in [0.4, 0.5) is 5.69 Å². The van der Waals surface area contributed by atoms with Gasteiger partial charge in [-0.25, -0.2) is 13.1 Å². The molecule has 0 aromatic heterocycles. The molecule has 0 heterocycles. The molecule has 7 nitrogen and oxygen atoms in total. The number of hydrogen-bond acceptors (Lipinski definition) is 5. The predicted octanol–water partition coefficient (Wildman–Crippen LogP) is 2.84. The SMILES string of the molecule is N=C(N)NS(=O)(=O)c1ccc(/N=C/c2cc(Br)cc(Br)c2O)cc1. The Hall–Kier alpha value is -1.91. The number of hydrogen-bond donors (Lipinski definition) is 4. The topological polar surface area (TPSA) is 129 Å². The lowest BCUT2D eigenvalue weighted by Crippen LogP contribution is -2.35. The summed E-state index contributed by atoms with van der Waals surface area (Å²) in [6, 6.07) is 9.07. The van der Waals surface area contributed by atoms with E-state index in [0.717, 1.165) is 4.47 Å². The van der Waals surface area contributed by atoms with Gasteiger partial charge in [-0.1, -0.05) is 15.9 Å². The zero-order valence-corrected chi connectivity index (χ0v) is 16.0. The Morgan fingerprint density at radius 3 is 2.46 bits per heavy atom. The first-order valence-electron chi connectivity index (χ1n) is 6.38. The second-order valence-electron chi connectivity index (χ2n) is 4.60. The van der Waals surface area contributed by atoms with Crippen LogP contribution >= 0.6 is 31.9 Å². The molecular formula is C14H12Br2N4O3S. The zero-order valence-electron chi connectivity index (χ0n) is 12.0. The van der Waals surface area contributed by atoms with Gasteiger partial charge in [0, 0.05) is 16.3 Å². The van der Waals surface area contributed by atoms with Crippen molar-refractivity contribution in [2.75, 3.05) is 0 Å². The van der Waals surface area contributed by atoms with Gasteiger partial charge in [-0.2, -0.15) is 0 Å². The highest BCUT2D eigenvalue weighted by molar-refractivity contribution is 9.11. The summed E-state index contributed by atoms with van der Waals surface area (Å²) in [6.07, 6.45) is 1.46. The molecule has 126 valence electrons. The highest BCUT2D eigenvalue weighted by atomic mass is 79.9. The van der Waals surface area contributed by atoms with Gasteiger partial charge in [0.2, 0.25) is 0 Å². The number of sulfonamides is 1. The molecule has 0 amide bonds. The van der Waals surface area contributed by atoms with E-state index < -0.39 is 16.0 Å². The summed E-state index contributed by atoms with van der Waals surface area (Å²) in [4.78, 5) is 4.16. The van der Waals surface area contributed by atoms with E-state index in [9.17, 15) is 13.5 Å². The third-order valence-corrected chi connectivity index (χ3v) is 5.25. The lowest BCUT2D eigenvalue weighted by atomic mass is 10.2. The van der Waals surface area contributed by atoms with Crippen molar-refractivity contribution < 1.29 is 13.5 Å². The molecule has 5 N–H and O–H groups in total. The Kier molecular flexibility index (Phi) is 5.62. The summed E-state index contributed by atoms with van der Waals surface area (Å²) in [7, 11) is -3.87. The maximum Gasteiger partial charge on any atom is 0.264 e. The molecule has 10 heteroatoms. The highest BCUT2D eigenvalue weighted by Crippen LogP contribution is 2.31. The maximum absolute atomic E-state index is 11.8. The number of guanidine groups is 1. The van der Waals surface area contributed by atoms with Crippen LogP contribution in [0.5, 0.6) is 5.75 Å². The van der Waals surface area contributed by atoms with E-state index in [0.29, 0.717) is 15.7 Å². The van der Waals surface area contributed by atoms with Crippen molar-refractivity contribution in [1.82, 2.24) is 4.72 Å². The average molecular weight is 476 g/mol. The Balaban J connectivity index is 2.25. The van der Waals surface area contributed by atoms with Gasteiger partial charge in [-0.15, -0.1) is 0 Å². The van der Waals surface area contributed by atoms with E-state index in [2.05, 4.69) is 36.9 Å². The van der Waals surface area contributed by atoms with Gasteiger partial charge in [-0.3, -0.25) is 10.4 Å². The fourth-order valence-corrected chi connectivity index (χ4v) is 3.90. The van der Waals surface area contributed by atoms with E-state index in [1.807, 2.05) is 4.72 Å². The second-order valence-corrected chi connectivity index (χ2v) is 8.05. The Morgan fingerprint density at radius 1 is 1.25 bits per heavy atom. The smallest absolute Gasteiger partial charge is 0.264 e. The molecule has 0 saturated heterocycles. The van der Waals surface area contributed by atoms with Gasteiger partial charge in [-0.05, 0) is 52.3 Å². The number of phenols is 1. The lowest BCUT2D eigenvalue weighted by Gasteiger charge is -2.06. The van der Waals surface area contributed by atoms with Gasteiger partial charge in [0.05, 0.1) is 15.1 Å². The minimum Gasteiger partial charge on any atom is -0.506 e. The number of nitrogens with zero attached hydrogens (tertiary/aromatic N) is 1. The Morgan fingerprint density at radius 2 is 1.88 bits per heavy atom. The Labute approximate surface area is 155 Å². The van der Waals surface area contributed by atoms with Crippen LogP contribution in [0.15, 0.2) is 55.2 Å². The third kappa shape index (κ3) is 4.56. The molecule has 0 aliphatic carbocycles. The average Bonchev–Trinajstić information content (AvgIpc) is 2.48. The van der Waals surface area contributed by atoms with Crippen molar-refractivity contribution in [2.45, 2.75) is 4.90 Å². The standard InChI is InChI=1S/C14H12Br2N4O3S/c15-9-5-8(13(21)12(16)6-9)7-19-10-1-3-11(4-2-10)24(22,23)20-14(17)18/h1-7,21H,(H4,17,18,20)/b19-7+. The largest absolute Gasteiger partial charge is 0.506 e. The number of aliphatic imine (C=N–C) groups is 1. The first-order chi connectivity index (χ1) is 11.2. The van der Waals surface area contributed by atoms with E-state index >= 15 is 0 Å². The molecule has 0 saturated carbocycles. The molecular weight excluding hydrogens is 464 g/mol. The first-order valence-corrected chi connectivity index (χ1v) is 9.45. The van der Waals surface area contributed by atoms with Crippen molar-refractivity contribution in [3.63, 3.8) is 0 Å². The molecule has 0 radical (unpaired) electrons. The van der Waals surface area contributed by atoms with Crippen LogP contribution in [-0.2, 0) is 10.0 Å². The van der Waals surface area contributed by atoms with Gasteiger partial charge in [0.1, 0.15) is 5.75 Å². The lowest BCUT2D eigenvalue weighted by molar-refractivity contribution is 0.471. The second kappa shape index (κ2) is 7.32. The quantitative estimate of drug-likeness (QED) is 0.400. The number of phenolic OH excluding ortho intramolecular Hbond substituents is 1. The van der Waals surface area contributed by atoms with Gasteiger partial charge >= 0.3 is 0 Å². The van der Waals surface area contributed by atoms with Crippen LogP contribution in [0, 0.1) is 5.41 Å². The number of nitrogens with one attached hydrogen (secondary N) is 2. The first kappa shape index (κ1) is 18.4. The number of nitrogens with two attached hydrogens (primary N) is 1. The summed E-state index contributed by atoms with van der Waals surface area (Å²) < 4.78 is 26.9. The molecule has 0 atom stereocenters. The minimum absolute atomic E-state index is 0.0373. The summed E-state index contributed by atoms with van der Waals surface area (Å²) >= 11 is 6.55. The minimum atomic E-state index is -3.87. The molecule has 0 aliphatic heterocycles. The molecule has 0 unspecified atom stereocenters. The van der Waals surface area contributed by atoms with Crippen LogP contribution in [0.3, 0.4) is 0 Å². The van der Waals surface area contributed by atoms with Gasteiger partial charge < -0.3 is 10.8 Å². The van der Waals surface area contributed by atoms with E-state index in [1.165, 1.54) is 30.5 Å². The van der Waals surface area contributed by atoms with Crippen molar-refractivity contribution >= 4 is 59.7 Å². The van der Waals surface area contributed by atoms with Crippen LogP contribution in [-0.4, -0.2) is 25.7 Å². The molecule has 0 bridgehead atoms. The van der Waals surface area contributed by atoms with Crippen LogP contribution < -0.4 is 10.5 Å². The fraction of sp³-hybridized carbons (Fsp3) is 0. The normalized spacial score (nSPS) is 11.6. The summed E-state index contributed by atoms with van der Waals surface area (Å²) in [5, 5.41) is 16.9. The van der Waals surface area contributed by atoms with Crippen molar-refractivity contribution in [3.8, 4) is 5.75 Å². The predicted molar refractivity (Wildman–Crippen MR) is 99.4 cm³/mol. The van der Waals surface area contributed by atoms with E-state index in [-0.39, 0.29) is 10.6 Å². The van der Waals surface area contributed by atoms with E-state index in [4.69, 9.17) is 11.1 Å². The van der Waals surface area contributed by atoms with Gasteiger partial charge in [0.25, 0.3) is 10.0 Å². The number of aromatic hydroxyl groups is 1. The molecule has 2 rings (SSSR count). The molecule has 24 heavy (non-hydrogen) atoms. The van der Waals surface area contributed by atoms with Crippen molar-refractivity contribution in [1.29, 1.82) is 5.41 Å². The maximum atomic E-state index is 11.8. The molecule has 0 spiro atoms. The summed E-state index contributed by atoms with van der Waals surface area (Å²) in [5.41, 5.74) is 6.02. The third-order valence-electron chi connectivity index (χ3n) is 2.80. The van der Waals surface area contributed by atoms with Crippen molar-refractivity contribution in [3.05, 3.63) is 50.9 Å².